The van der Waals surface area contributed by atoms with Gasteiger partial charge in [0.1, 0.15) is 0 Å². The first-order valence-electron chi connectivity index (χ1n) is 7.34. The van der Waals surface area contributed by atoms with Crippen LogP contribution in [-0.2, 0) is 4.79 Å². The van der Waals surface area contributed by atoms with Gasteiger partial charge >= 0.3 is 5.97 Å². The maximum absolute atomic E-state index is 11.2. The van der Waals surface area contributed by atoms with Crippen LogP contribution in [-0.4, -0.2) is 11.1 Å². The number of benzene rings is 1. The van der Waals surface area contributed by atoms with Crippen LogP contribution in [0.4, 0.5) is 0 Å². The fraction of sp³-hybridized carbons (Fsp3) is 0.562. The van der Waals surface area contributed by atoms with Crippen LogP contribution >= 0.6 is 23.2 Å². The molecule has 1 aromatic rings. The highest BCUT2D eigenvalue weighted by Crippen LogP contribution is 2.45. The summed E-state index contributed by atoms with van der Waals surface area (Å²) in [6, 6.07) is 5.18. The van der Waals surface area contributed by atoms with Crippen molar-refractivity contribution >= 4 is 29.2 Å². The first kappa shape index (κ1) is 16.6. The molecular formula is C16H21Cl2NO2. The first-order valence-corrected chi connectivity index (χ1v) is 8.10. The Kier molecular flexibility index (Phi) is 5.53. The van der Waals surface area contributed by atoms with Crippen molar-refractivity contribution in [2.24, 2.45) is 11.1 Å². The van der Waals surface area contributed by atoms with Gasteiger partial charge < -0.3 is 10.8 Å². The van der Waals surface area contributed by atoms with E-state index in [1.165, 1.54) is 6.42 Å². The van der Waals surface area contributed by atoms with Crippen LogP contribution < -0.4 is 5.73 Å². The van der Waals surface area contributed by atoms with Crippen molar-refractivity contribution < 1.29 is 9.90 Å². The van der Waals surface area contributed by atoms with Gasteiger partial charge in [0, 0.05) is 6.04 Å². The summed E-state index contributed by atoms with van der Waals surface area (Å²) in [6.45, 7) is 0. The summed E-state index contributed by atoms with van der Waals surface area (Å²) < 4.78 is 0. The fourth-order valence-electron chi connectivity index (χ4n) is 3.40. The maximum Gasteiger partial charge on any atom is 0.303 e. The zero-order valence-electron chi connectivity index (χ0n) is 11.9. The average Bonchev–Trinajstić information content (AvgIpc) is 2.41. The summed E-state index contributed by atoms with van der Waals surface area (Å²) in [5.41, 5.74) is 7.04. The van der Waals surface area contributed by atoms with E-state index in [1.54, 1.807) is 12.1 Å². The minimum absolute atomic E-state index is 0.185. The Bertz CT molecular complexity index is 513. The van der Waals surface area contributed by atoms with Gasteiger partial charge in [-0.2, -0.15) is 0 Å². The number of hydrogen-bond acceptors (Lipinski definition) is 2. The molecule has 0 aromatic heterocycles. The van der Waals surface area contributed by atoms with E-state index in [0.29, 0.717) is 16.5 Å². The van der Waals surface area contributed by atoms with Crippen molar-refractivity contribution in [3.8, 4) is 0 Å². The van der Waals surface area contributed by atoms with Crippen molar-refractivity contribution in [3.05, 3.63) is 33.8 Å². The summed E-state index contributed by atoms with van der Waals surface area (Å²) in [5, 5.41) is 10.2. The number of carboxylic acids is 1. The van der Waals surface area contributed by atoms with Crippen LogP contribution in [0.5, 0.6) is 0 Å². The Balaban J connectivity index is 2.15. The monoisotopic (exact) mass is 329 g/mol. The number of rotatable bonds is 5. The van der Waals surface area contributed by atoms with Crippen molar-refractivity contribution in [1.82, 2.24) is 0 Å². The number of halogens is 2. The van der Waals surface area contributed by atoms with E-state index < -0.39 is 5.97 Å². The first-order chi connectivity index (χ1) is 9.92. The Morgan fingerprint density at radius 1 is 1.24 bits per heavy atom. The number of carbonyl (C=O) groups is 1. The molecule has 0 heterocycles. The van der Waals surface area contributed by atoms with Gasteiger partial charge in [0.25, 0.3) is 0 Å². The van der Waals surface area contributed by atoms with E-state index in [2.05, 4.69) is 0 Å². The van der Waals surface area contributed by atoms with Gasteiger partial charge in [-0.05, 0) is 42.4 Å². The Morgan fingerprint density at radius 2 is 1.90 bits per heavy atom. The van der Waals surface area contributed by atoms with Crippen molar-refractivity contribution in [2.75, 3.05) is 0 Å². The standard InChI is InChI=1S/C16H21Cl2NO2/c17-12-5-4-11(8-13(12)18)14(19)9-16(10-15(20)21)6-2-1-3-7-16/h4-5,8,14H,1-3,6-7,9-10,19H2,(H,20,21). The molecule has 21 heavy (non-hydrogen) atoms. The summed E-state index contributed by atoms with van der Waals surface area (Å²) in [6.07, 6.45) is 6.11. The molecule has 1 aliphatic carbocycles. The lowest BCUT2D eigenvalue weighted by molar-refractivity contribution is -0.140. The molecule has 2 rings (SSSR count). The molecule has 5 heteroatoms. The lowest BCUT2D eigenvalue weighted by Crippen LogP contribution is -2.31. The minimum Gasteiger partial charge on any atom is -0.481 e. The number of hydrogen-bond donors (Lipinski definition) is 2. The predicted octanol–water partition coefficient (Wildman–Crippen LogP) is 4.81. The topological polar surface area (TPSA) is 63.3 Å². The molecule has 1 saturated carbocycles. The van der Waals surface area contributed by atoms with Crippen LogP contribution in [0.1, 0.15) is 56.6 Å². The Hall–Kier alpha value is -0.770. The van der Waals surface area contributed by atoms with Crippen LogP contribution in [0.3, 0.4) is 0 Å². The molecule has 0 saturated heterocycles. The molecule has 0 radical (unpaired) electrons. The van der Waals surface area contributed by atoms with Gasteiger partial charge in [-0.3, -0.25) is 4.79 Å². The Labute approximate surface area is 135 Å². The lowest BCUT2D eigenvalue weighted by atomic mass is 9.67. The molecule has 0 amide bonds. The van der Waals surface area contributed by atoms with E-state index in [4.69, 9.17) is 28.9 Å². The fourth-order valence-corrected chi connectivity index (χ4v) is 3.71. The van der Waals surface area contributed by atoms with Crippen molar-refractivity contribution in [2.45, 2.75) is 51.0 Å². The summed E-state index contributed by atoms with van der Waals surface area (Å²) in [4.78, 5) is 11.2. The van der Waals surface area contributed by atoms with Gasteiger partial charge in [-0.25, -0.2) is 0 Å². The predicted molar refractivity (Wildman–Crippen MR) is 85.8 cm³/mol. The van der Waals surface area contributed by atoms with Crippen molar-refractivity contribution in [1.29, 1.82) is 0 Å². The average molecular weight is 330 g/mol. The van der Waals surface area contributed by atoms with Gasteiger partial charge in [-0.15, -0.1) is 0 Å². The van der Waals surface area contributed by atoms with Crippen LogP contribution in [0.25, 0.3) is 0 Å². The van der Waals surface area contributed by atoms with Crippen LogP contribution in [0.2, 0.25) is 10.0 Å². The molecule has 3 N–H and O–H groups in total. The summed E-state index contributed by atoms with van der Waals surface area (Å²) in [7, 11) is 0. The SMILES string of the molecule is NC(CC1(CC(=O)O)CCCCC1)c1ccc(Cl)c(Cl)c1. The van der Waals surface area contributed by atoms with Gasteiger partial charge in [0.2, 0.25) is 0 Å². The highest BCUT2D eigenvalue weighted by atomic mass is 35.5. The third-order valence-corrected chi connectivity index (χ3v) is 5.20. The molecule has 1 unspecified atom stereocenters. The number of carboxylic acid groups (broad SMARTS) is 1. The van der Waals surface area contributed by atoms with E-state index in [0.717, 1.165) is 31.2 Å². The zero-order chi connectivity index (χ0) is 15.5. The molecule has 1 aromatic carbocycles. The molecule has 0 aliphatic heterocycles. The minimum atomic E-state index is -0.738. The van der Waals surface area contributed by atoms with Crippen molar-refractivity contribution in [3.63, 3.8) is 0 Å². The largest absolute Gasteiger partial charge is 0.481 e. The van der Waals surface area contributed by atoms with E-state index >= 15 is 0 Å². The third kappa shape index (κ3) is 4.35. The molecule has 0 bridgehead atoms. The maximum atomic E-state index is 11.2. The smallest absolute Gasteiger partial charge is 0.303 e. The second-order valence-corrected chi connectivity index (χ2v) is 6.93. The van der Waals surface area contributed by atoms with E-state index in [9.17, 15) is 9.90 Å². The quantitative estimate of drug-likeness (QED) is 0.814. The van der Waals surface area contributed by atoms with Gasteiger partial charge in [0.05, 0.1) is 16.5 Å². The van der Waals surface area contributed by atoms with E-state index in [-0.39, 0.29) is 17.9 Å². The molecule has 0 spiro atoms. The lowest BCUT2D eigenvalue weighted by Gasteiger charge is -2.38. The Morgan fingerprint density at radius 3 is 2.48 bits per heavy atom. The normalized spacial score (nSPS) is 19.2. The highest BCUT2D eigenvalue weighted by molar-refractivity contribution is 6.42. The molecule has 1 atom stereocenters. The van der Waals surface area contributed by atoms with Crippen LogP contribution in [0, 0.1) is 5.41 Å². The molecular weight excluding hydrogens is 309 g/mol. The molecule has 1 fully saturated rings. The second-order valence-electron chi connectivity index (χ2n) is 6.12. The summed E-state index contributed by atoms with van der Waals surface area (Å²) in [5.74, 6) is -0.738. The van der Waals surface area contributed by atoms with E-state index in [1.807, 2.05) is 6.07 Å². The molecule has 3 nitrogen and oxygen atoms in total. The van der Waals surface area contributed by atoms with Gasteiger partial charge in [-0.1, -0.05) is 48.5 Å². The summed E-state index contributed by atoms with van der Waals surface area (Å²) >= 11 is 12.0. The van der Waals surface area contributed by atoms with Crippen LogP contribution in [0.15, 0.2) is 18.2 Å². The van der Waals surface area contributed by atoms with Gasteiger partial charge in [0.15, 0.2) is 0 Å². The molecule has 116 valence electrons. The number of nitrogens with two attached hydrogens (primary N) is 1. The highest BCUT2D eigenvalue weighted by Gasteiger charge is 2.36. The number of aliphatic carboxylic acids is 1. The molecule has 1 aliphatic rings. The zero-order valence-corrected chi connectivity index (χ0v) is 13.5. The third-order valence-electron chi connectivity index (χ3n) is 4.47. The second kappa shape index (κ2) is 6.99.